The minimum atomic E-state index is -0.684. The van der Waals surface area contributed by atoms with E-state index in [-0.39, 0.29) is 28.2 Å². The summed E-state index contributed by atoms with van der Waals surface area (Å²) in [6.45, 7) is 1.43. The van der Waals surface area contributed by atoms with E-state index in [1.54, 1.807) is 6.07 Å². The molecular weight excluding hydrogens is 280 g/mol. The molecule has 0 atom stereocenters. The number of benzene rings is 2. The van der Waals surface area contributed by atoms with Crippen molar-refractivity contribution in [1.29, 1.82) is 5.26 Å². The first-order chi connectivity index (χ1) is 9.92. The smallest absolute Gasteiger partial charge is 0.270 e. The molecule has 21 heavy (non-hydrogen) atoms. The molecule has 0 spiro atoms. The van der Waals surface area contributed by atoms with Gasteiger partial charge < -0.3 is 5.32 Å². The molecule has 0 unspecified atom stereocenters. The minimum Gasteiger partial charge on any atom is -0.352 e. The van der Waals surface area contributed by atoms with Crippen molar-refractivity contribution in [3.8, 4) is 6.07 Å². The van der Waals surface area contributed by atoms with Crippen LogP contribution >= 0.6 is 0 Å². The normalized spacial score (nSPS) is 10.0. The zero-order chi connectivity index (χ0) is 15.6. The molecule has 2 rings (SSSR count). The van der Waals surface area contributed by atoms with Gasteiger partial charge in [0, 0.05) is 18.2 Å². The van der Waals surface area contributed by atoms with E-state index in [4.69, 9.17) is 5.26 Å². The number of hydrogen-bond donors (Lipinski definition) is 1. The Morgan fingerprint density at radius 3 is 2.52 bits per heavy atom. The predicted octanol–water partition coefficient (Wildman–Crippen LogP) is 3.80. The number of nitrogens with one attached hydrogen (secondary N) is 1. The van der Waals surface area contributed by atoms with E-state index >= 15 is 0 Å². The fourth-order valence-electron chi connectivity index (χ4n) is 1.73. The van der Waals surface area contributed by atoms with Crippen molar-refractivity contribution in [3.63, 3.8) is 0 Å². The molecule has 0 saturated heterocycles. The average Bonchev–Trinajstić information content (AvgIpc) is 2.44. The lowest BCUT2D eigenvalue weighted by molar-refractivity contribution is -0.384. The van der Waals surface area contributed by atoms with Crippen LogP contribution in [-0.4, -0.2) is 4.92 Å². The molecule has 1 N–H and O–H groups in total. The summed E-state index contributed by atoms with van der Waals surface area (Å²) in [5.74, 6) is -1.28. The van der Waals surface area contributed by atoms with Gasteiger partial charge in [0.1, 0.15) is 17.7 Å². The highest BCUT2D eigenvalue weighted by Crippen LogP contribution is 2.27. The van der Waals surface area contributed by atoms with E-state index in [0.717, 1.165) is 18.2 Å². The Morgan fingerprint density at radius 1 is 1.19 bits per heavy atom. The Balaban J connectivity index is 2.43. The molecular formula is C14H9F2N3O2. The first-order valence-electron chi connectivity index (χ1n) is 5.83. The van der Waals surface area contributed by atoms with Gasteiger partial charge in [0.25, 0.3) is 5.69 Å². The minimum absolute atomic E-state index is 0.0374. The molecule has 5 nitrogen and oxygen atoms in total. The number of nitrogens with zero attached hydrogens (tertiary/aromatic N) is 2. The van der Waals surface area contributed by atoms with E-state index in [1.807, 2.05) is 0 Å². The summed E-state index contributed by atoms with van der Waals surface area (Å²) >= 11 is 0. The number of hydrogen-bond acceptors (Lipinski definition) is 4. The largest absolute Gasteiger partial charge is 0.352 e. The lowest BCUT2D eigenvalue weighted by atomic mass is 10.1. The van der Waals surface area contributed by atoms with Gasteiger partial charge >= 0.3 is 0 Å². The highest BCUT2D eigenvalue weighted by atomic mass is 19.1. The SMILES string of the molecule is Cc1cc(F)c(Nc2ccc([N+](=O)[O-])cc2C#N)cc1F. The van der Waals surface area contributed by atoms with Crippen LogP contribution in [0.1, 0.15) is 11.1 Å². The second-order valence-corrected chi connectivity index (χ2v) is 4.31. The number of nitro groups is 1. The van der Waals surface area contributed by atoms with Crippen molar-refractivity contribution in [2.45, 2.75) is 6.92 Å². The summed E-state index contributed by atoms with van der Waals surface area (Å²) in [6.07, 6.45) is 0. The maximum Gasteiger partial charge on any atom is 0.270 e. The zero-order valence-electron chi connectivity index (χ0n) is 10.9. The molecule has 0 bridgehead atoms. The summed E-state index contributed by atoms with van der Waals surface area (Å²) in [4.78, 5) is 10.00. The predicted molar refractivity (Wildman–Crippen MR) is 72.2 cm³/mol. The number of halogens is 2. The molecule has 0 fully saturated rings. The molecule has 0 aliphatic heterocycles. The summed E-state index contributed by atoms with van der Waals surface area (Å²) in [6, 6.07) is 7.27. The molecule has 2 aromatic rings. The van der Waals surface area contributed by atoms with Crippen molar-refractivity contribution < 1.29 is 13.7 Å². The van der Waals surface area contributed by atoms with Crippen LogP contribution in [0.5, 0.6) is 0 Å². The summed E-state index contributed by atoms with van der Waals surface area (Å²) in [7, 11) is 0. The van der Waals surface area contributed by atoms with Crippen LogP contribution in [0.2, 0.25) is 0 Å². The number of nitriles is 1. The first-order valence-corrected chi connectivity index (χ1v) is 5.83. The number of rotatable bonds is 3. The Hall–Kier alpha value is -3.01. The maximum absolute atomic E-state index is 13.7. The number of non-ortho nitro benzene ring substituents is 1. The van der Waals surface area contributed by atoms with Gasteiger partial charge in [0.15, 0.2) is 0 Å². The Labute approximate surface area is 118 Å². The van der Waals surface area contributed by atoms with E-state index in [1.165, 1.54) is 19.1 Å². The van der Waals surface area contributed by atoms with Crippen LogP contribution in [0.3, 0.4) is 0 Å². The van der Waals surface area contributed by atoms with Gasteiger partial charge in [-0.2, -0.15) is 5.26 Å². The lowest BCUT2D eigenvalue weighted by Crippen LogP contribution is -1.99. The summed E-state index contributed by atoms with van der Waals surface area (Å²) in [5.41, 5.74) is -0.131. The number of anilines is 2. The van der Waals surface area contributed by atoms with Crippen LogP contribution in [0, 0.1) is 40.0 Å². The molecule has 0 saturated carbocycles. The van der Waals surface area contributed by atoms with Crippen molar-refractivity contribution >= 4 is 17.1 Å². The van der Waals surface area contributed by atoms with Crippen LogP contribution in [0.25, 0.3) is 0 Å². The summed E-state index contributed by atoms with van der Waals surface area (Å²) < 4.78 is 27.2. The Morgan fingerprint density at radius 2 is 1.90 bits per heavy atom. The fraction of sp³-hybridized carbons (Fsp3) is 0.0714. The van der Waals surface area contributed by atoms with Gasteiger partial charge in [-0.25, -0.2) is 8.78 Å². The Bertz CT molecular complexity index is 770. The summed E-state index contributed by atoms with van der Waals surface area (Å²) in [5, 5.41) is 22.2. The van der Waals surface area contributed by atoms with Crippen molar-refractivity contribution in [2.24, 2.45) is 0 Å². The van der Waals surface area contributed by atoms with Crippen molar-refractivity contribution in [3.05, 3.63) is 63.2 Å². The quantitative estimate of drug-likeness (QED) is 0.688. The zero-order valence-corrected chi connectivity index (χ0v) is 10.9. The third-order valence-corrected chi connectivity index (χ3v) is 2.85. The fourth-order valence-corrected chi connectivity index (χ4v) is 1.73. The van der Waals surface area contributed by atoms with Gasteiger partial charge in [-0.3, -0.25) is 10.1 Å². The van der Waals surface area contributed by atoms with Gasteiger partial charge in [-0.05, 0) is 24.6 Å². The van der Waals surface area contributed by atoms with E-state index in [0.29, 0.717) is 0 Å². The standard InChI is InChI=1S/C14H9F2N3O2/c1-8-4-12(16)14(6-11(8)15)18-13-3-2-10(19(20)21)5-9(13)7-17/h2-6,18H,1H3. The molecule has 0 aliphatic rings. The van der Waals surface area contributed by atoms with Gasteiger partial charge in [0.2, 0.25) is 0 Å². The van der Waals surface area contributed by atoms with Crippen LogP contribution in [-0.2, 0) is 0 Å². The van der Waals surface area contributed by atoms with Crippen molar-refractivity contribution in [2.75, 3.05) is 5.32 Å². The second kappa shape index (κ2) is 5.54. The molecule has 0 radical (unpaired) electrons. The third-order valence-electron chi connectivity index (χ3n) is 2.85. The molecule has 0 amide bonds. The molecule has 0 aromatic heterocycles. The van der Waals surface area contributed by atoms with Crippen LogP contribution < -0.4 is 5.32 Å². The lowest BCUT2D eigenvalue weighted by Gasteiger charge is -2.10. The monoisotopic (exact) mass is 289 g/mol. The molecule has 0 heterocycles. The molecule has 2 aromatic carbocycles. The average molecular weight is 289 g/mol. The molecule has 7 heteroatoms. The highest BCUT2D eigenvalue weighted by Gasteiger charge is 2.13. The third kappa shape index (κ3) is 2.95. The topological polar surface area (TPSA) is 79.0 Å². The van der Waals surface area contributed by atoms with E-state index in [9.17, 15) is 18.9 Å². The van der Waals surface area contributed by atoms with Crippen LogP contribution in [0.15, 0.2) is 30.3 Å². The molecule has 0 aliphatic carbocycles. The van der Waals surface area contributed by atoms with E-state index < -0.39 is 16.6 Å². The van der Waals surface area contributed by atoms with Gasteiger partial charge in [-0.1, -0.05) is 0 Å². The van der Waals surface area contributed by atoms with Gasteiger partial charge in [-0.15, -0.1) is 0 Å². The van der Waals surface area contributed by atoms with E-state index in [2.05, 4.69) is 5.32 Å². The second-order valence-electron chi connectivity index (χ2n) is 4.31. The van der Waals surface area contributed by atoms with Crippen molar-refractivity contribution in [1.82, 2.24) is 0 Å². The number of aryl methyl sites for hydroxylation is 1. The highest BCUT2D eigenvalue weighted by molar-refractivity contribution is 5.69. The molecule has 106 valence electrons. The maximum atomic E-state index is 13.7. The first kappa shape index (κ1) is 14.4. The Kier molecular flexibility index (Phi) is 3.80. The number of nitro benzene ring substituents is 1. The van der Waals surface area contributed by atoms with Gasteiger partial charge in [0.05, 0.1) is 21.9 Å². The van der Waals surface area contributed by atoms with Crippen LogP contribution in [0.4, 0.5) is 25.8 Å².